The summed E-state index contributed by atoms with van der Waals surface area (Å²) in [7, 11) is 0. The van der Waals surface area contributed by atoms with Gasteiger partial charge in [-0.1, -0.05) is 35.1 Å². The second-order valence-electron chi connectivity index (χ2n) is 7.56. The van der Waals surface area contributed by atoms with Gasteiger partial charge in [0.1, 0.15) is 0 Å². The van der Waals surface area contributed by atoms with E-state index in [1.807, 2.05) is 24.3 Å². The van der Waals surface area contributed by atoms with E-state index in [-0.39, 0.29) is 24.1 Å². The normalized spacial score (nSPS) is 21.3. The highest BCUT2D eigenvalue weighted by molar-refractivity contribution is 7.17. The number of aromatic nitrogens is 3. The standard InChI is InChI=1S/C21H21ClN4O3S/c1-12-10-25(11-13(2)29-12)17(14-5-7-15(22)8-6-14)18-20(27)26-21(30-18)23-19(24-26)16-4-3-9-28-16/h3-9,12-13,17,27H,10-11H2,1-2H3/t12-,13+,17-/m0/s1. The summed E-state index contributed by atoms with van der Waals surface area (Å²) in [6.07, 6.45) is 1.77. The van der Waals surface area contributed by atoms with Crippen LogP contribution < -0.4 is 0 Å². The number of benzene rings is 1. The van der Waals surface area contributed by atoms with Crippen LogP contribution in [-0.4, -0.2) is 49.9 Å². The van der Waals surface area contributed by atoms with E-state index in [0.717, 1.165) is 23.5 Å². The van der Waals surface area contributed by atoms with Gasteiger partial charge in [-0.25, -0.2) is 0 Å². The van der Waals surface area contributed by atoms with Gasteiger partial charge in [0.15, 0.2) is 5.76 Å². The molecule has 4 heterocycles. The Labute approximate surface area is 182 Å². The van der Waals surface area contributed by atoms with Gasteiger partial charge in [0.05, 0.1) is 29.4 Å². The van der Waals surface area contributed by atoms with E-state index < -0.39 is 0 Å². The summed E-state index contributed by atoms with van der Waals surface area (Å²) in [6.45, 7) is 5.64. The molecule has 4 aromatic rings. The third-order valence-corrected chi connectivity index (χ3v) is 6.51. The first-order chi connectivity index (χ1) is 14.5. The molecule has 0 radical (unpaired) electrons. The van der Waals surface area contributed by atoms with Crippen LogP contribution in [0.15, 0.2) is 47.1 Å². The molecule has 0 spiro atoms. The molecule has 30 heavy (non-hydrogen) atoms. The Morgan fingerprint density at radius 3 is 2.53 bits per heavy atom. The molecule has 1 saturated heterocycles. The molecule has 1 aromatic carbocycles. The minimum atomic E-state index is -0.156. The van der Waals surface area contributed by atoms with Gasteiger partial charge >= 0.3 is 0 Å². The molecule has 1 aliphatic heterocycles. The van der Waals surface area contributed by atoms with Crippen molar-refractivity contribution in [1.29, 1.82) is 0 Å². The van der Waals surface area contributed by atoms with E-state index in [1.54, 1.807) is 18.4 Å². The van der Waals surface area contributed by atoms with Crippen LogP contribution in [0, 0.1) is 0 Å². The zero-order chi connectivity index (χ0) is 20.8. The average Bonchev–Trinajstić information content (AvgIpc) is 3.42. The Balaban J connectivity index is 1.60. The maximum Gasteiger partial charge on any atom is 0.230 e. The number of hydrogen-bond donors (Lipinski definition) is 1. The fraction of sp³-hybridized carbons (Fsp3) is 0.333. The van der Waals surface area contributed by atoms with E-state index in [4.69, 9.17) is 20.8 Å². The van der Waals surface area contributed by atoms with Crippen LogP contribution in [0.3, 0.4) is 0 Å². The number of morpholine rings is 1. The Kier molecular flexibility index (Phi) is 5.02. The molecule has 0 aliphatic carbocycles. The number of furan rings is 1. The molecule has 156 valence electrons. The number of aromatic hydroxyl groups is 1. The molecular formula is C21H21ClN4O3S. The lowest BCUT2D eigenvalue weighted by Crippen LogP contribution is -2.47. The fourth-order valence-electron chi connectivity index (χ4n) is 4.04. The Morgan fingerprint density at radius 1 is 1.17 bits per heavy atom. The molecule has 0 saturated carbocycles. The first kappa shape index (κ1) is 19.6. The maximum atomic E-state index is 11.1. The van der Waals surface area contributed by atoms with Crippen molar-refractivity contribution in [2.75, 3.05) is 13.1 Å². The van der Waals surface area contributed by atoms with Gasteiger partial charge in [0.2, 0.25) is 16.7 Å². The van der Waals surface area contributed by atoms with Gasteiger partial charge in [-0.15, -0.1) is 5.10 Å². The van der Waals surface area contributed by atoms with Gasteiger partial charge < -0.3 is 14.3 Å². The zero-order valence-electron chi connectivity index (χ0n) is 16.5. The topological polar surface area (TPSA) is 76.0 Å². The van der Waals surface area contributed by atoms with Crippen molar-refractivity contribution in [2.24, 2.45) is 0 Å². The number of ether oxygens (including phenoxy) is 1. The molecule has 7 nitrogen and oxygen atoms in total. The van der Waals surface area contributed by atoms with E-state index in [1.165, 1.54) is 15.9 Å². The number of hydrogen-bond acceptors (Lipinski definition) is 7. The molecule has 0 unspecified atom stereocenters. The summed E-state index contributed by atoms with van der Waals surface area (Å²) < 4.78 is 12.8. The smallest absolute Gasteiger partial charge is 0.230 e. The van der Waals surface area contributed by atoms with Crippen molar-refractivity contribution in [1.82, 2.24) is 19.5 Å². The molecule has 9 heteroatoms. The molecule has 0 amide bonds. The lowest BCUT2D eigenvalue weighted by molar-refractivity contribution is -0.0764. The van der Waals surface area contributed by atoms with Crippen LogP contribution in [0.5, 0.6) is 5.88 Å². The summed E-state index contributed by atoms with van der Waals surface area (Å²) in [5, 5.41) is 16.2. The summed E-state index contributed by atoms with van der Waals surface area (Å²) in [5.74, 6) is 1.11. The zero-order valence-corrected chi connectivity index (χ0v) is 18.1. The van der Waals surface area contributed by atoms with Crippen molar-refractivity contribution in [3.05, 3.63) is 58.1 Å². The second-order valence-corrected chi connectivity index (χ2v) is 9.01. The molecule has 1 fully saturated rings. The summed E-state index contributed by atoms with van der Waals surface area (Å²) in [4.78, 5) is 8.29. The van der Waals surface area contributed by atoms with Crippen LogP contribution in [0.2, 0.25) is 5.02 Å². The van der Waals surface area contributed by atoms with Crippen molar-refractivity contribution >= 4 is 27.9 Å². The van der Waals surface area contributed by atoms with Gasteiger partial charge in [-0.2, -0.15) is 9.50 Å². The van der Waals surface area contributed by atoms with E-state index >= 15 is 0 Å². The summed E-state index contributed by atoms with van der Waals surface area (Å²) in [5.41, 5.74) is 1.05. The Morgan fingerprint density at radius 2 is 1.90 bits per heavy atom. The highest BCUT2D eigenvalue weighted by atomic mass is 35.5. The number of halogens is 1. The first-order valence-corrected chi connectivity index (χ1v) is 11.0. The fourth-order valence-corrected chi connectivity index (χ4v) is 5.28. The van der Waals surface area contributed by atoms with Gasteiger partial charge in [-0.3, -0.25) is 4.90 Å². The SMILES string of the molecule is C[C@@H]1CN([C@@H](c2ccc(Cl)cc2)c2sc3nc(-c4ccco4)nn3c2O)C[C@H](C)O1. The van der Waals surface area contributed by atoms with Crippen molar-refractivity contribution in [2.45, 2.75) is 32.1 Å². The van der Waals surface area contributed by atoms with Gasteiger partial charge in [0, 0.05) is 18.1 Å². The summed E-state index contributed by atoms with van der Waals surface area (Å²) in [6, 6.07) is 11.2. The predicted octanol–water partition coefficient (Wildman–Crippen LogP) is 4.61. The van der Waals surface area contributed by atoms with Crippen LogP contribution in [0.4, 0.5) is 0 Å². The Hall–Kier alpha value is -2.39. The molecule has 0 bridgehead atoms. The molecule has 5 rings (SSSR count). The predicted molar refractivity (Wildman–Crippen MR) is 115 cm³/mol. The average molecular weight is 445 g/mol. The minimum absolute atomic E-state index is 0.0899. The second kappa shape index (κ2) is 7.70. The van der Waals surface area contributed by atoms with E-state index in [2.05, 4.69) is 28.8 Å². The van der Waals surface area contributed by atoms with Crippen LogP contribution >= 0.6 is 22.9 Å². The van der Waals surface area contributed by atoms with Gasteiger partial charge in [-0.05, 0) is 43.7 Å². The first-order valence-electron chi connectivity index (χ1n) is 9.77. The molecule has 3 aromatic heterocycles. The minimum Gasteiger partial charge on any atom is -0.492 e. The molecular weight excluding hydrogens is 424 g/mol. The monoisotopic (exact) mass is 444 g/mol. The van der Waals surface area contributed by atoms with Crippen LogP contribution in [-0.2, 0) is 4.74 Å². The third kappa shape index (κ3) is 3.50. The van der Waals surface area contributed by atoms with Crippen molar-refractivity contribution < 1.29 is 14.3 Å². The van der Waals surface area contributed by atoms with E-state index in [9.17, 15) is 5.11 Å². The lowest BCUT2D eigenvalue weighted by Gasteiger charge is -2.40. The number of fused-ring (bicyclic) bond motifs is 1. The Bertz CT molecular complexity index is 1150. The molecule has 3 atom stereocenters. The van der Waals surface area contributed by atoms with Crippen LogP contribution in [0.1, 0.15) is 30.3 Å². The molecule has 1 N–H and O–H groups in total. The van der Waals surface area contributed by atoms with Crippen molar-refractivity contribution in [3.63, 3.8) is 0 Å². The number of rotatable bonds is 4. The lowest BCUT2D eigenvalue weighted by atomic mass is 10.0. The maximum absolute atomic E-state index is 11.1. The van der Waals surface area contributed by atoms with Gasteiger partial charge in [0.25, 0.3) is 0 Å². The highest BCUT2D eigenvalue weighted by Gasteiger charge is 2.34. The number of nitrogens with zero attached hydrogens (tertiary/aromatic N) is 4. The highest BCUT2D eigenvalue weighted by Crippen LogP contribution is 2.41. The third-order valence-electron chi connectivity index (χ3n) is 5.19. The number of thiazole rings is 1. The van der Waals surface area contributed by atoms with E-state index in [0.29, 0.717) is 21.6 Å². The van der Waals surface area contributed by atoms with Crippen LogP contribution in [0.25, 0.3) is 16.5 Å². The summed E-state index contributed by atoms with van der Waals surface area (Å²) >= 11 is 7.55. The quantitative estimate of drug-likeness (QED) is 0.495. The van der Waals surface area contributed by atoms with Crippen molar-refractivity contribution in [3.8, 4) is 17.5 Å². The molecule has 1 aliphatic rings. The largest absolute Gasteiger partial charge is 0.492 e.